The molecule has 0 aliphatic rings. The first-order valence-electron chi connectivity index (χ1n) is 8.22. The van der Waals surface area contributed by atoms with Crippen LogP contribution in [0.4, 0.5) is 5.69 Å². The van der Waals surface area contributed by atoms with Crippen LogP contribution in [0.2, 0.25) is 0 Å². The minimum Gasteiger partial charge on any atom is -0.507 e. The molecule has 3 N–H and O–H groups in total. The molecule has 0 aliphatic carbocycles. The monoisotopic (exact) mass is 337 g/mol. The quantitative estimate of drug-likeness (QED) is 0.392. The van der Waals surface area contributed by atoms with E-state index in [0.29, 0.717) is 18.4 Å². The zero-order valence-corrected chi connectivity index (χ0v) is 14.3. The summed E-state index contributed by atoms with van der Waals surface area (Å²) < 4.78 is 0. The predicted octanol–water partition coefficient (Wildman–Crippen LogP) is 3.46. The number of hydrazone groups is 1. The molecule has 0 unspecified atom stereocenters. The van der Waals surface area contributed by atoms with Gasteiger partial charge in [0, 0.05) is 11.3 Å². The topological polar surface area (TPSA) is 73.7 Å². The lowest BCUT2D eigenvalue weighted by Gasteiger charge is -2.16. The Morgan fingerprint density at radius 2 is 2.00 bits per heavy atom. The summed E-state index contributed by atoms with van der Waals surface area (Å²) in [6, 6.07) is 14.5. The number of amides is 1. The van der Waals surface area contributed by atoms with Gasteiger partial charge in [-0.15, -0.1) is 6.58 Å². The molecule has 1 atom stereocenters. The smallest absolute Gasteiger partial charge is 0.262 e. The van der Waals surface area contributed by atoms with E-state index in [0.717, 1.165) is 11.3 Å². The molecule has 0 saturated heterocycles. The number of rotatable bonds is 8. The number of phenolic OH excluding ortho intramolecular Hbond substituents is 1. The zero-order valence-electron chi connectivity index (χ0n) is 14.3. The lowest BCUT2D eigenvalue weighted by molar-refractivity contribution is -0.121. The number of nitrogens with one attached hydrogen (secondary N) is 2. The van der Waals surface area contributed by atoms with Gasteiger partial charge in [-0.1, -0.05) is 43.3 Å². The number of allylic oxidation sites excluding steroid dienone is 1. The maximum atomic E-state index is 12.3. The number of phenols is 1. The molecule has 0 aliphatic heterocycles. The molecule has 0 saturated carbocycles. The number of carbonyl (C=O) groups is 1. The van der Waals surface area contributed by atoms with Crippen LogP contribution in [0.1, 0.15) is 24.5 Å². The van der Waals surface area contributed by atoms with Crippen molar-refractivity contribution in [2.45, 2.75) is 25.8 Å². The standard InChI is InChI=1S/C20H23N3O2/c1-3-9-15-10-8-11-16(19(15)24)14-21-23-20(25)18(4-2)22-17-12-6-5-7-13-17/h3,5-8,10-14,18,22,24H,1,4,9H2,2H3,(H,23,25)/b21-14+/t18-/m0/s1. The van der Waals surface area contributed by atoms with Gasteiger partial charge in [-0.05, 0) is 36.6 Å². The zero-order chi connectivity index (χ0) is 18.1. The summed E-state index contributed by atoms with van der Waals surface area (Å²) in [6.07, 6.45) is 4.35. The van der Waals surface area contributed by atoms with Gasteiger partial charge in [0.25, 0.3) is 5.91 Å². The number of hydrogen-bond acceptors (Lipinski definition) is 4. The average Bonchev–Trinajstić information content (AvgIpc) is 2.63. The largest absolute Gasteiger partial charge is 0.507 e. The Hall–Kier alpha value is -3.08. The summed E-state index contributed by atoms with van der Waals surface area (Å²) in [4.78, 5) is 12.3. The fraction of sp³-hybridized carbons (Fsp3) is 0.200. The SMILES string of the molecule is C=CCc1cccc(/C=N/NC(=O)[C@H](CC)Nc2ccccc2)c1O. The molecule has 0 heterocycles. The molecule has 0 spiro atoms. The highest BCUT2D eigenvalue weighted by atomic mass is 16.3. The first kappa shape index (κ1) is 18.3. The third-order valence-corrected chi connectivity index (χ3v) is 3.73. The van der Waals surface area contributed by atoms with Crippen LogP contribution < -0.4 is 10.7 Å². The first-order valence-corrected chi connectivity index (χ1v) is 8.22. The number of benzene rings is 2. The highest BCUT2D eigenvalue weighted by molar-refractivity contribution is 5.88. The van der Waals surface area contributed by atoms with Gasteiger partial charge < -0.3 is 10.4 Å². The molecular weight excluding hydrogens is 314 g/mol. The van der Waals surface area contributed by atoms with E-state index in [9.17, 15) is 9.90 Å². The van der Waals surface area contributed by atoms with Crippen LogP contribution >= 0.6 is 0 Å². The van der Waals surface area contributed by atoms with Crippen molar-refractivity contribution in [2.75, 3.05) is 5.32 Å². The summed E-state index contributed by atoms with van der Waals surface area (Å²) in [5, 5.41) is 17.3. The average molecular weight is 337 g/mol. The minimum absolute atomic E-state index is 0.148. The molecule has 2 aromatic carbocycles. The van der Waals surface area contributed by atoms with Crippen molar-refractivity contribution in [3.63, 3.8) is 0 Å². The molecule has 5 nitrogen and oxygen atoms in total. The van der Waals surface area contributed by atoms with Gasteiger partial charge in [0.15, 0.2) is 0 Å². The van der Waals surface area contributed by atoms with Gasteiger partial charge in [-0.2, -0.15) is 5.10 Å². The molecule has 2 aromatic rings. The summed E-state index contributed by atoms with van der Waals surface area (Å²) >= 11 is 0. The number of carbonyl (C=O) groups excluding carboxylic acids is 1. The second-order valence-electron chi connectivity index (χ2n) is 5.55. The number of nitrogens with zero attached hydrogens (tertiary/aromatic N) is 1. The summed E-state index contributed by atoms with van der Waals surface area (Å²) in [6.45, 7) is 5.59. The van der Waals surface area contributed by atoms with Crippen molar-refractivity contribution in [1.82, 2.24) is 5.43 Å². The molecule has 5 heteroatoms. The molecule has 25 heavy (non-hydrogen) atoms. The van der Waals surface area contributed by atoms with Crippen molar-refractivity contribution < 1.29 is 9.90 Å². The molecule has 130 valence electrons. The van der Waals surface area contributed by atoms with Crippen LogP contribution in [-0.2, 0) is 11.2 Å². The van der Waals surface area contributed by atoms with Crippen LogP contribution in [0.3, 0.4) is 0 Å². The number of hydrogen-bond donors (Lipinski definition) is 3. The Kier molecular flexibility index (Phi) is 6.77. The maximum absolute atomic E-state index is 12.3. The lowest BCUT2D eigenvalue weighted by atomic mass is 10.1. The summed E-state index contributed by atoms with van der Waals surface area (Å²) in [7, 11) is 0. The van der Waals surface area contributed by atoms with E-state index in [1.54, 1.807) is 12.1 Å². The van der Waals surface area contributed by atoms with Gasteiger partial charge in [0.05, 0.1) is 6.21 Å². The van der Waals surface area contributed by atoms with E-state index in [2.05, 4.69) is 22.4 Å². The predicted molar refractivity (Wildman–Crippen MR) is 102 cm³/mol. The van der Waals surface area contributed by atoms with Gasteiger partial charge in [-0.25, -0.2) is 5.43 Å². The Morgan fingerprint density at radius 1 is 1.24 bits per heavy atom. The maximum Gasteiger partial charge on any atom is 0.262 e. The van der Waals surface area contributed by atoms with E-state index < -0.39 is 0 Å². The highest BCUT2D eigenvalue weighted by Crippen LogP contribution is 2.21. The Labute approximate surface area is 148 Å². The second-order valence-corrected chi connectivity index (χ2v) is 5.55. The van der Waals surface area contributed by atoms with E-state index in [1.165, 1.54) is 6.21 Å². The van der Waals surface area contributed by atoms with E-state index >= 15 is 0 Å². The molecule has 0 bridgehead atoms. The lowest BCUT2D eigenvalue weighted by Crippen LogP contribution is -2.36. The van der Waals surface area contributed by atoms with Gasteiger partial charge in [0.2, 0.25) is 0 Å². The Bertz CT molecular complexity index is 742. The summed E-state index contributed by atoms with van der Waals surface area (Å²) in [5.41, 5.74) is 4.71. The van der Waals surface area contributed by atoms with Gasteiger partial charge in [0.1, 0.15) is 11.8 Å². The van der Waals surface area contributed by atoms with Crippen molar-refractivity contribution in [1.29, 1.82) is 0 Å². The number of para-hydroxylation sites is 2. The number of anilines is 1. The van der Waals surface area contributed by atoms with Crippen molar-refractivity contribution in [2.24, 2.45) is 5.10 Å². The van der Waals surface area contributed by atoms with E-state index in [-0.39, 0.29) is 17.7 Å². The minimum atomic E-state index is -0.389. The third-order valence-electron chi connectivity index (χ3n) is 3.73. The van der Waals surface area contributed by atoms with Crippen LogP contribution in [0, 0.1) is 0 Å². The van der Waals surface area contributed by atoms with E-state index in [1.807, 2.05) is 49.4 Å². The first-order chi connectivity index (χ1) is 12.2. The fourth-order valence-electron chi connectivity index (χ4n) is 2.37. The van der Waals surface area contributed by atoms with E-state index in [4.69, 9.17) is 0 Å². The Morgan fingerprint density at radius 3 is 2.68 bits per heavy atom. The molecular formula is C20H23N3O2. The number of aromatic hydroxyl groups is 1. The molecule has 1 amide bonds. The van der Waals surface area contributed by atoms with Crippen LogP contribution in [-0.4, -0.2) is 23.3 Å². The fourth-order valence-corrected chi connectivity index (χ4v) is 2.37. The second kappa shape index (κ2) is 9.27. The molecule has 2 rings (SSSR count). The highest BCUT2D eigenvalue weighted by Gasteiger charge is 2.15. The van der Waals surface area contributed by atoms with Gasteiger partial charge in [-0.3, -0.25) is 4.79 Å². The van der Waals surface area contributed by atoms with Crippen molar-refractivity contribution >= 4 is 17.8 Å². The van der Waals surface area contributed by atoms with Crippen molar-refractivity contribution in [3.05, 3.63) is 72.3 Å². The van der Waals surface area contributed by atoms with Crippen LogP contribution in [0.25, 0.3) is 0 Å². The molecule has 0 radical (unpaired) electrons. The normalized spacial score (nSPS) is 11.9. The molecule has 0 fully saturated rings. The summed E-state index contributed by atoms with van der Waals surface area (Å²) in [5.74, 6) is -0.0841. The Balaban J connectivity index is 1.99. The van der Waals surface area contributed by atoms with Crippen LogP contribution in [0.15, 0.2) is 66.3 Å². The molecule has 0 aromatic heterocycles. The van der Waals surface area contributed by atoms with Gasteiger partial charge >= 0.3 is 0 Å². The third kappa shape index (κ3) is 5.21. The van der Waals surface area contributed by atoms with Crippen LogP contribution in [0.5, 0.6) is 5.75 Å². The van der Waals surface area contributed by atoms with Crippen molar-refractivity contribution in [3.8, 4) is 5.75 Å².